The summed E-state index contributed by atoms with van der Waals surface area (Å²) in [4.78, 5) is 4.46. The maximum atomic E-state index is 5.65. The summed E-state index contributed by atoms with van der Waals surface area (Å²) >= 11 is 3.48. The van der Waals surface area contributed by atoms with Crippen molar-refractivity contribution < 1.29 is 4.74 Å². The van der Waals surface area contributed by atoms with Crippen LogP contribution in [0.25, 0.3) is 11.3 Å². The standard InChI is InChI=1S/C13H16BrN3O/c1-17-8-16-13(11(17)5-6-15)10-7-9(14)3-4-12(10)18-2/h3-4,7-8H,5-6,15H2,1-2H3. The topological polar surface area (TPSA) is 53.1 Å². The lowest BCUT2D eigenvalue weighted by Gasteiger charge is -2.10. The first-order valence-corrected chi connectivity index (χ1v) is 6.51. The molecule has 0 aliphatic heterocycles. The van der Waals surface area contributed by atoms with E-state index in [0.717, 1.165) is 33.6 Å². The van der Waals surface area contributed by atoms with Crippen molar-refractivity contribution in [1.82, 2.24) is 9.55 Å². The number of ether oxygens (including phenoxy) is 1. The predicted octanol–water partition coefficient (Wildman–Crippen LogP) is 2.36. The van der Waals surface area contributed by atoms with Crippen LogP contribution in [-0.4, -0.2) is 23.2 Å². The maximum Gasteiger partial charge on any atom is 0.128 e. The Hall–Kier alpha value is -1.33. The summed E-state index contributed by atoms with van der Waals surface area (Å²) in [5, 5.41) is 0. The van der Waals surface area contributed by atoms with Gasteiger partial charge in [-0.25, -0.2) is 4.98 Å². The summed E-state index contributed by atoms with van der Waals surface area (Å²) in [6, 6.07) is 5.90. The van der Waals surface area contributed by atoms with E-state index < -0.39 is 0 Å². The summed E-state index contributed by atoms with van der Waals surface area (Å²) in [5.74, 6) is 0.815. The SMILES string of the molecule is COc1ccc(Br)cc1-c1ncn(C)c1CCN. The minimum Gasteiger partial charge on any atom is -0.496 e. The first-order chi connectivity index (χ1) is 8.67. The Labute approximate surface area is 115 Å². The monoisotopic (exact) mass is 309 g/mol. The van der Waals surface area contributed by atoms with E-state index in [1.165, 1.54) is 0 Å². The van der Waals surface area contributed by atoms with E-state index in [2.05, 4.69) is 20.9 Å². The highest BCUT2D eigenvalue weighted by molar-refractivity contribution is 9.10. The van der Waals surface area contributed by atoms with Crippen molar-refractivity contribution in [2.45, 2.75) is 6.42 Å². The lowest BCUT2D eigenvalue weighted by molar-refractivity contribution is 0.416. The van der Waals surface area contributed by atoms with Gasteiger partial charge in [-0.15, -0.1) is 0 Å². The Morgan fingerprint density at radius 1 is 1.44 bits per heavy atom. The highest BCUT2D eigenvalue weighted by Crippen LogP contribution is 2.33. The summed E-state index contributed by atoms with van der Waals surface area (Å²) < 4.78 is 8.40. The van der Waals surface area contributed by atoms with Gasteiger partial charge < -0.3 is 15.0 Å². The molecule has 0 atom stereocenters. The second-order valence-corrected chi connectivity index (χ2v) is 4.95. The van der Waals surface area contributed by atoms with Crippen LogP contribution >= 0.6 is 15.9 Å². The summed E-state index contributed by atoms with van der Waals surface area (Å²) in [5.41, 5.74) is 8.69. The number of nitrogens with two attached hydrogens (primary N) is 1. The highest BCUT2D eigenvalue weighted by Gasteiger charge is 2.15. The van der Waals surface area contributed by atoms with Crippen molar-refractivity contribution in [3.05, 3.63) is 34.7 Å². The van der Waals surface area contributed by atoms with Crippen LogP contribution in [0.4, 0.5) is 0 Å². The molecule has 4 nitrogen and oxygen atoms in total. The Morgan fingerprint density at radius 3 is 2.89 bits per heavy atom. The van der Waals surface area contributed by atoms with Crippen molar-refractivity contribution in [3.63, 3.8) is 0 Å². The minimum atomic E-state index is 0.600. The molecule has 0 radical (unpaired) electrons. The zero-order chi connectivity index (χ0) is 13.1. The molecule has 0 saturated carbocycles. The molecule has 2 rings (SSSR count). The molecule has 0 saturated heterocycles. The van der Waals surface area contributed by atoms with Gasteiger partial charge in [-0.2, -0.15) is 0 Å². The van der Waals surface area contributed by atoms with Crippen LogP contribution in [0.5, 0.6) is 5.75 Å². The number of benzene rings is 1. The molecule has 0 unspecified atom stereocenters. The number of aromatic nitrogens is 2. The van der Waals surface area contributed by atoms with Crippen LogP contribution in [0.1, 0.15) is 5.69 Å². The van der Waals surface area contributed by atoms with Crippen LogP contribution < -0.4 is 10.5 Å². The van der Waals surface area contributed by atoms with Gasteiger partial charge in [0.05, 0.1) is 19.1 Å². The molecule has 0 bridgehead atoms. The fraction of sp³-hybridized carbons (Fsp3) is 0.308. The zero-order valence-corrected chi connectivity index (χ0v) is 12.1. The molecule has 0 aliphatic rings. The highest BCUT2D eigenvalue weighted by atomic mass is 79.9. The van der Waals surface area contributed by atoms with Gasteiger partial charge >= 0.3 is 0 Å². The fourth-order valence-corrected chi connectivity index (χ4v) is 2.34. The summed E-state index contributed by atoms with van der Waals surface area (Å²) in [6.07, 6.45) is 2.60. The maximum absolute atomic E-state index is 5.65. The molecule has 0 fully saturated rings. The predicted molar refractivity (Wildman–Crippen MR) is 75.7 cm³/mol. The van der Waals surface area contributed by atoms with Gasteiger partial charge in [0, 0.05) is 29.2 Å². The molecule has 96 valence electrons. The molecule has 0 spiro atoms. The van der Waals surface area contributed by atoms with Crippen molar-refractivity contribution in [2.24, 2.45) is 12.8 Å². The van der Waals surface area contributed by atoms with E-state index in [4.69, 9.17) is 10.5 Å². The van der Waals surface area contributed by atoms with Gasteiger partial charge in [0.2, 0.25) is 0 Å². The average molecular weight is 310 g/mol. The number of aryl methyl sites for hydroxylation is 1. The van der Waals surface area contributed by atoms with Crippen LogP contribution in [0.15, 0.2) is 29.0 Å². The minimum absolute atomic E-state index is 0.600. The molecule has 0 amide bonds. The van der Waals surface area contributed by atoms with Gasteiger partial charge in [0.1, 0.15) is 5.75 Å². The summed E-state index contributed by atoms with van der Waals surface area (Å²) in [6.45, 7) is 0.600. The third-order valence-electron chi connectivity index (χ3n) is 2.86. The molecule has 1 aromatic carbocycles. The van der Waals surface area contributed by atoms with E-state index in [0.29, 0.717) is 6.54 Å². The van der Waals surface area contributed by atoms with Crippen LogP contribution in [0.2, 0.25) is 0 Å². The normalized spacial score (nSPS) is 10.7. The van der Waals surface area contributed by atoms with Gasteiger partial charge in [-0.05, 0) is 24.7 Å². The van der Waals surface area contributed by atoms with Gasteiger partial charge in [0.15, 0.2) is 0 Å². The van der Waals surface area contributed by atoms with Crippen LogP contribution in [0, 0.1) is 0 Å². The smallest absolute Gasteiger partial charge is 0.128 e. The number of methoxy groups -OCH3 is 1. The third-order valence-corrected chi connectivity index (χ3v) is 3.35. The number of halogens is 1. The van der Waals surface area contributed by atoms with Crippen molar-refractivity contribution in [2.75, 3.05) is 13.7 Å². The molecular weight excluding hydrogens is 294 g/mol. The second kappa shape index (κ2) is 5.54. The lowest BCUT2D eigenvalue weighted by atomic mass is 10.1. The molecule has 1 aromatic heterocycles. The lowest BCUT2D eigenvalue weighted by Crippen LogP contribution is -2.07. The molecule has 18 heavy (non-hydrogen) atoms. The molecule has 2 aromatic rings. The number of imidazole rings is 1. The Morgan fingerprint density at radius 2 is 2.22 bits per heavy atom. The average Bonchev–Trinajstić information content (AvgIpc) is 2.72. The molecule has 5 heteroatoms. The van der Waals surface area contributed by atoms with E-state index in [1.54, 1.807) is 13.4 Å². The van der Waals surface area contributed by atoms with Crippen molar-refractivity contribution in [1.29, 1.82) is 0 Å². The van der Waals surface area contributed by atoms with Crippen molar-refractivity contribution >= 4 is 15.9 Å². The molecule has 2 N–H and O–H groups in total. The van der Waals surface area contributed by atoms with E-state index in [1.807, 2.05) is 29.8 Å². The Balaban J connectivity index is 2.57. The quantitative estimate of drug-likeness (QED) is 0.943. The van der Waals surface area contributed by atoms with E-state index in [9.17, 15) is 0 Å². The Bertz CT molecular complexity index is 551. The number of hydrogen-bond acceptors (Lipinski definition) is 3. The largest absolute Gasteiger partial charge is 0.496 e. The first kappa shape index (κ1) is 13.1. The zero-order valence-electron chi connectivity index (χ0n) is 10.5. The van der Waals surface area contributed by atoms with Gasteiger partial charge in [-0.3, -0.25) is 0 Å². The van der Waals surface area contributed by atoms with E-state index in [-0.39, 0.29) is 0 Å². The number of nitrogens with zero attached hydrogens (tertiary/aromatic N) is 2. The second-order valence-electron chi connectivity index (χ2n) is 4.03. The first-order valence-electron chi connectivity index (χ1n) is 5.71. The van der Waals surface area contributed by atoms with E-state index >= 15 is 0 Å². The third kappa shape index (κ3) is 2.42. The van der Waals surface area contributed by atoms with Gasteiger partial charge in [0.25, 0.3) is 0 Å². The number of hydrogen-bond donors (Lipinski definition) is 1. The van der Waals surface area contributed by atoms with Crippen LogP contribution in [-0.2, 0) is 13.5 Å². The fourth-order valence-electron chi connectivity index (χ4n) is 1.98. The van der Waals surface area contributed by atoms with Gasteiger partial charge in [-0.1, -0.05) is 15.9 Å². The molecule has 1 heterocycles. The summed E-state index contributed by atoms with van der Waals surface area (Å²) in [7, 11) is 3.64. The van der Waals surface area contributed by atoms with Crippen molar-refractivity contribution in [3.8, 4) is 17.0 Å². The Kier molecular flexibility index (Phi) is 4.04. The number of rotatable bonds is 4. The molecule has 0 aliphatic carbocycles. The van der Waals surface area contributed by atoms with Crippen LogP contribution in [0.3, 0.4) is 0 Å². The molecular formula is C13H16BrN3O.